The Bertz CT molecular complexity index is 1340. The summed E-state index contributed by atoms with van der Waals surface area (Å²) < 4.78 is 13.0. The maximum absolute atomic E-state index is 12.8. The van der Waals surface area contributed by atoms with Gasteiger partial charge in [0.15, 0.2) is 11.5 Å². The summed E-state index contributed by atoms with van der Waals surface area (Å²) >= 11 is 0. The SMILES string of the molecule is Cc1ccc(Cn2nc(C)c(NC(=O)c3ccc(COc4ccccc4[N+](=O)[O-])o3)c2C)cc1. The molecule has 0 atom stereocenters. The lowest BCUT2D eigenvalue weighted by Crippen LogP contribution is -2.12. The van der Waals surface area contributed by atoms with Gasteiger partial charge in [0.05, 0.1) is 28.5 Å². The predicted molar refractivity (Wildman–Crippen MR) is 126 cm³/mol. The topological polar surface area (TPSA) is 112 Å². The number of anilines is 1. The van der Waals surface area contributed by atoms with Gasteiger partial charge in [-0.1, -0.05) is 42.0 Å². The molecule has 2 aromatic heterocycles. The minimum absolute atomic E-state index is 0.0509. The van der Waals surface area contributed by atoms with Crippen molar-refractivity contribution in [3.8, 4) is 5.75 Å². The van der Waals surface area contributed by atoms with Crippen LogP contribution in [0.3, 0.4) is 0 Å². The molecule has 34 heavy (non-hydrogen) atoms. The van der Waals surface area contributed by atoms with E-state index in [1.165, 1.54) is 23.8 Å². The van der Waals surface area contributed by atoms with E-state index >= 15 is 0 Å². The van der Waals surface area contributed by atoms with Gasteiger partial charge in [0.25, 0.3) is 5.91 Å². The molecule has 2 aromatic carbocycles. The number of aryl methyl sites for hydroxylation is 2. The fourth-order valence-electron chi connectivity index (χ4n) is 3.53. The van der Waals surface area contributed by atoms with E-state index in [1.54, 1.807) is 18.2 Å². The Morgan fingerprint density at radius 3 is 2.56 bits per heavy atom. The second-order valence-electron chi connectivity index (χ2n) is 7.92. The smallest absolute Gasteiger partial charge is 0.310 e. The molecular weight excluding hydrogens is 436 g/mol. The van der Waals surface area contributed by atoms with E-state index in [4.69, 9.17) is 9.15 Å². The third-order valence-electron chi connectivity index (χ3n) is 5.39. The number of nitro groups is 1. The fraction of sp³-hybridized carbons (Fsp3) is 0.200. The van der Waals surface area contributed by atoms with Crippen LogP contribution in [0.4, 0.5) is 11.4 Å². The van der Waals surface area contributed by atoms with Crippen molar-refractivity contribution < 1.29 is 18.9 Å². The van der Waals surface area contributed by atoms with Gasteiger partial charge in [-0.05, 0) is 44.5 Å². The van der Waals surface area contributed by atoms with Gasteiger partial charge in [-0.2, -0.15) is 5.10 Å². The van der Waals surface area contributed by atoms with Crippen LogP contribution in [0.25, 0.3) is 0 Å². The fourth-order valence-corrected chi connectivity index (χ4v) is 3.53. The van der Waals surface area contributed by atoms with Gasteiger partial charge < -0.3 is 14.5 Å². The van der Waals surface area contributed by atoms with Crippen LogP contribution in [0.1, 0.15) is 38.8 Å². The minimum Gasteiger partial charge on any atom is -0.479 e. The molecule has 0 aliphatic heterocycles. The molecule has 0 unspecified atom stereocenters. The van der Waals surface area contributed by atoms with Crippen LogP contribution in [0.5, 0.6) is 5.75 Å². The van der Waals surface area contributed by atoms with Gasteiger partial charge in [-0.15, -0.1) is 0 Å². The summed E-state index contributed by atoms with van der Waals surface area (Å²) in [5.41, 5.74) is 4.33. The number of nitrogens with one attached hydrogen (secondary N) is 1. The van der Waals surface area contributed by atoms with Crippen LogP contribution in [0.15, 0.2) is 65.1 Å². The summed E-state index contributed by atoms with van der Waals surface area (Å²) in [7, 11) is 0. The average Bonchev–Trinajstić information content (AvgIpc) is 3.40. The summed E-state index contributed by atoms with van der Waals surface area (Å²) in [5, 5.41) is 18.6. The number of nitrogens with zero attached hydrogens (tertiary/aromatic N) is 3. The number of amides is 1. The predicted octanol–water partition coefficient (Wildman–Crippen LogP) is 5.19. The monoisotopic (exact) mass is 460 g/mol. The molecule has 0 spiro atoms. The first-order valence-electron chi connectivity index (χ1n) is 10.7. The van der Waals surface area contributed by atoms with Crippen molar-refractivity contribution in [2.24, 2.45) is 0 Å². The summed E-state index contributed by atoms with van der Waals surface area (Å²) in [6.07, 6.45) is 0. The molecule has 4 aromatic rings. The zero-order valence-corrected chi connectivity index (χ0v) is 19.1. The van der Waals surface area contributed by atoms with Gasteiger partial charge in [-0.25, -0.2) is 0 Å². The first-order chi connectivity index (χ1) is 16.3. The quantitative estimate of drug-likeness (QED) is 0.286. The zero-order valence-electron chi connectivity index (χ0n) is 19.1. The molecular formula is C25H24N4O5. The number of hydrogen-bond acceptors (Lipinski definition) is 6. The Hall–Kier alpha value is -4.40. The zero-order chi connectivity index (χ0) is 24.2. The molecule has 0 fully saturated rings. The van der Waals surface area contributed by atoms with Crippen LogP contribution < -0.4 is 10.1 Å². The molecule has 1 amide bonds. The lowest BCUT2D eigenvalue weighted by Gasteiger charge is -2.07. The molecule has 0 aliphatic carbocycles. The highest BCUT2D eigenvalue weighted by Crippen LogP contribution is 2.27. The molecule has 1 N–H and O–H groups in total. The van der Waals surface area contributed by atoms with E-state index in [-0.39, 0.29) is 23.8 Å². The van der Waals surface area contributed by atoms with Gasteiger partial charge in [0.1, 0.15) is 12.4 Å². The normalized spacial score (nSPS) is 10.8. The first kappa shape index (κ1) is 22.8. The van der Waals surface area contributed by atoms with Gasteiger partial charge in [-0.3, -0.25) is 19.6 Å². The van der Waals surface area contributed by atoms with E-state index in [0.717, 1.165) is 11.3 Å². The summed E-state index contributed by atoms with van der Waals surface area (Å²) in [4.78, 5) is 23.4. The largest absolute Gasteiger partial charge is 0.479 e. The molecule has 0 bridgehead atoms. The van der Waals surface area contributed by atoms with E-state index in [1.807, 2.05) is 25.5 Å². The van der Waals surface area contributed by atoms with Crippen LogP contribution in [0, 0.1) is 30.9 Å². The lowest BCUT2D eigenvalue weighted by molar-refractivity contribution is -0.386. The maximum Gasteiger partial charge on any atom is 0.310 e. The molecule has 4 rings (SSSR count). The Morgan fingerprint density at radius 2 is 1.82 bits per heavy atom. The van der Waals surface area contributed by atoms with Crippen LogP contribution in [0.2, 0.25) is 0 Å². The van der Waals surface area contributed by atoms with Crippen molar-refractivity contribution in [2.45, 2.75) is 33.9 Å². The third-order valence-corrected chi connectivity index (χ3v) is 5.39. The minimum atomic E-state index is -0.514. The highest BCUT2D eigenvalue weighted by Gasteiger charge is 2.19. The highest BCUT2D eigenvalue weighted by molar-refractivity contribution is 6.02. The molecule has 0 saturated heterocycles. The Balaban J connectivity index is 1.42. The van der Waals surface area contributed by atoms with Crippen LogP contribution >= 0.6 is 0 Å². The number of ether oxygens (including phenoxy) is 1. The molecule has 9 heteroatoms. The van der Waals surface area contributed by atoms with Gasteiger partial charge in [0, 0.05) is 6.07 Å². The highest BCUT2D eigenvalue weighted by atomic mass is 16.6. The molecule has 2 heterocycles. The number of carbonyl (C=O) groups is 1. The molecule has 0 aliphatic rings. The molecule has 0 saturated carbocycles. The van der Waals surface area contributed by atoms with Crippen molar-refractivity contribution in [2.75, 3.05) is 5.32 Å². The van der Waals surface area contributed by atoms with Crippen molar-refractivity contribution >= 4 is 17.3 Å². The lowest BCUT2D eigenvalue weighted by atomic mass is 10.1. The number of carbonyl (C=O) groups excluding carboxylic acids is 1. The van der Waals surface area contributed by atoms with Crippen molar-refractivity contribution in [3.63, 3.8) is 0 Å². The standard InChI is InChI=1S/C25H24N4O5/c1-16-8-10-19(11-9-16)14-28-18(3)24(17(2)27-28)26-25(30)23-13-12-20(34-23)15-33-22-7-5-4-6-21(22)29(31)32/h4-13H,14-15H2,1-3H3,(H,26,30). The molecule has 9 nitrogen and oxygen atoms in total. The van der Waals surface area contributed by atoms with E-state index in [0.29, 0.717) is 23.7 Å². The van der Waals surface area contributed by atoms with Crippen molar-refractivity contribution in [1.29, 1.82) is 0 Å². The number of para-hydroxylation sites is 2. The van der Waals surface area contributed by atoms with Gasteiger partial charge >= 0.3 is 5.69 Å². The van der Waals surface area contributed by atoms with E-state index in [2.05, 4.69) is 34.7 Å². The maximum atomic E-state index is 12.8. The summed E-state index contributed by atoms with van der Waals surface area (Å²) in [5.74, 6) is 0.179. The summed E-state index contributed by atoms with van der Waals surface area (Å²) in [6.45, 7) is 6.32. The second-order valence-corrected chi connectivity index (χ2v) is 7.92. The third kappa shape index (κ3) is 4.98. The summed E-state index contributed by atoms with van der Waals surface area (Å²) in [6, 6.07) is 17.4. The Kier molecular flexibility index (Phi) is 6.44. The average molecular weight is 460 g/mol. The van der Waals surface area contributed by atoms with E-state index in [9.17, 15) is 14.9 Å². The van der Waals surface area contributed by atoms with Gasteiger partial charge in [0.2, 0.25) is 0 Å². The van der Waals surface area contributed by atoms with E-state index < -0.39 is 10.8 Å². The number of rotatable bonds is 8. The molecule has 174 valence electrons. The van der Waals surface area contributed by atoms with Crippen molar-refractivity contribution in [1.82, 2.24) is 9.78 Å². The number of hydrogen-bond donors (Lipinski definition) is 1. The second kappa shape index (κ2) is 9.62. The number of benzene rings is 2. The molecule has 0 radical (unpaired) electrons. The number of furan rings is 1. The number of nitro benzene ring substituents is 1. The van der Waals surface area contributed by atoms with Crippen LogP contribution in [-0.4, -0.2) is 20.6 Å². The Morgan fingerprint density at radius 1 is 1.09 bits per heavy atom. The van der Waals surface area contributed by atoms with Crippen molar-refractivity contribution in [3.05, 3.63) is 105 Å². The van der Waals surface area contributed by atoms with Crippen LogP contribution in [-0.2, 0) is 13.2 Å². The Labute approximate surface area is 196 Å². The number of aromatic nitrogens is 2. The first-order valence-corrected chi connectivity index (χ1v) is 10.7.